The predicted molar refractivity (Wildman–Crippen MR) is 104 cm³/mol. The Hall–Kier alpha value is -3.08. The molecule has 0 unspecified atom stereocenters. The standard InChI is InChI=1S/C21H23N3O2/c1-22(2)17-9-5-15(6-10-17)21(24-19(25)13-14-20(24)26)16-7-11-18(12-8-16)23(3)4/h5-14,21H,1-4H3. The largest absolute Gasteiger partial charge is 0.378 e. The first-order chi connectivity index (χ1) is 12.4. The van der Waals surface area contributed by atoms with Gasteiger partial charge in [-0.2, -0.15) is 0 Å². The minimum atomic E-state index is -0.447. The molecule has 0 atom stereocenters. The van der Waals surface area contributed by atoms with E-state index in [2.05, 4.69) is 0 Å². The van der Waals surface area contributed by atoms with Gasteiger partial charge in [-0.15, -0.1) is 0 Å². The number of carbonyl (C=O) groups excluding carboxylic acids is 2. The van der Waals surface area contributed by atoms with E-state index in [1.807, 2.05) is 86.5 Å². The molecule has 2 amide bonds. The predicted octanol–water partition coefficient (Wildman–Crippen LogP) is 2.83. The van der Waals surface area contributed by atoms with Crippen LogP contribution in [0, 0.1) is 0 Å². The molecule has 0 fully saturated rings. The zero-order valence-corrected chi connectivity index (χ0v) is 15.5. The lowest BCUT2D eigenvalue weighted by molar-refractivity contribution is -0.138. The lowest BCUT2D eigenvalue weighted by Gasteiger charge is -2.28. The fourth-order valence-electron chi connectivity index (χ4n) is 3.07. The minimum Gasteiger partial charge on any atom is -0.378 e. The van der Waals surface area contributed by atoms with Gasteiger partial charge >= 0.3 is 0 Å². The quantitative estimate of drug-likeness (QED) is 0.779. The smallest absolute Gasteiger partial charge is 0.254 e. The van der Waals surface area contributed by atoms with Gasteiger partial charge in [0.15, 0.2) is 0 Å². The molecule has 134 valence electrons. The van der Waals surface area contributed by atoms with Crippen LogP contribution in [-0.4, -0.2) is 44.9 Å². The van der Waals surface area contributed by atoms with Crippen LogP contribution >= 0.6 is 0 Å². The molecule has 1 aliphatic rings. The summed E-state index contributed by atoms with van der Waals surface area (Å²) in [6.45, 7) is 0. The first kappa shape index (κ1) is 17.7. The first-order valence-electron chi connectivity index (χ1n) is 8.48. The highest BCUT2D eigenvalue weighted by atomic mass is 16.2. The van der Waals surface area contributed by atoms with Gasteiger partial charge in [0.1, 0.15) is 0 Å². The second kappa shape index (κ2) is 7.04. The van der Waals surface area contributed by atoms with E-state index in [4.69, 9.17) is 0 Å². The van der Waals surface area contributed by atoms with Crippen LogP contribution in [0.15, 0.2) is 60.7 Å². The van der Waals surface area contributed by atoms with E-state index < -0.39 is 6.04 Å². The maximum atomic E-state index is 12.3. The van der Waals surface area contributed by atoms with Crippen molar-refractivity contribution in [1.82, 2.24) is 4.90 Å². The number of nitrogens with zero attached hydrogens (tertiary/aromatic N) is 3. The van der Waals surface area contributed by atoms with E-state index in [-0.39, 0.29) is 11.8 Å². The van der Waals surface area contributed by atoms with Gasteiger partial charge in [-0.1, -0.05) is 24.3 Å². The number of hydrogen-bond donors (Lipinski definition) is 0. The van der Waals surface area contributed by atoms with Gasteiger partial charge in [-0.3, -0.25) is 14.5 Å². The maximum Gasteiger partial charge on any atom is 0.254 e. The van der Waals surface area contributed by atoms with E-state index in [0.717, 1.165) is 22.5 Å². The molecule has 3 rings (SSSR count). The summed E-state index contributed by atoms with van der Waals surface area (Å²) in [6, 6.07) is 15.4. The van der Waals surface area contributed by atoms with Crippen molar-refractivity contribution < 1.29 is 9.59 Å². The van der Waals surface area contributed by atoms with E-state index in [0.29, 0.717) is 0 Å². The Balaban J connectivity index is 2.04. The van der Waals surface area contributed by atoms with Crippen LogP contribution in [0.2, 0.25) is 0 Å². The topological polar surface area (TPSA) is 43.9 Å². The van der Waals surface area contributed by atoms with Crippen LogP contribution < -0.4 is 9.80 Å². The van der Waals surface area contributed by atoms with Crippen LogP contribution in [0.5, 0.6) is 0 Å². The van der Waals surface area contributed by atoms with Gasteiger partial charge in [-0.25, -0.2) is 0 Å². The minimum absolute atomic E-state index is 0.284. The molecule has 5 heteroatoms. The summed E-state index contributed by atoms with van der Waals surface area (Å²) in [6.07, 6.45) is 2.66. The fourth-order valence-corrected chi connectivity index (χ4v) is 3.07. The van der Waals surface area contributed by atoms with Gasteiger partial charge in [0.2, 0.25) is 0 Å². The molecule has 0 N–H and O–H groups in total. The van der Waals surface area contributed by atoms with E-state index in [1.54, 1.807) is 0 Å². The Morgan fingerprint density at radius 2 is 1.00 bits per heavy atom. The van der Waals surface area contributed by atoms with Crippen molar-refractivity contribution in [1.29, 1.82) is 0 Å². The van der Waals surface area contributed by atoms with Crippen LogP contribution in [0.3, 0.4) is 0 Å². The average Bonchev–Trinajstić information content (AvgIpc) is 2.95. The SMILES string of the molecule is CN(C)c1ccc(C(c2ccc(N(C)C)cc2)N2C(=O)C=CC2=O)cc1. The molecular formula is C21H23N3O2. The van der Waals surface area contributed by atoms with Crippen LogP contribution in [0.25, 0.3) is 0 Å². The Bertz CT molecular complexity index is 767. The molecule has 1 heterocycles. The van der Waals surface area contributed by atoms with E-state index in [1.165, 1.54) is 17.1 Å². The van der Waals surface area contributed by atoms with E-state index in [9.17, 15) is 9.59 Å². The molecular weight excluding hydrogens is 326 g/mol. The number of carbonyl (C=O) groups is 2. The van der Waals surface area contributed by atoms with Crippen molar-refractivity contribution >= 4 is 23.2 Å². The van der Waals surface area contributed by atoms with Gasteiger partial charge in [0.25, 0.3) is 11.8 Å². The van der Waals surface area contributed by atoms with Crippen molar-refractivity contribution in [3.8, 4) is 0 Å². The highest BCUT2D eigenvalue weighted by molar-refractivity contribution is 6.13. The third-order valence-corrected chi connectivity index (χ3v) is 4.55. The molecule has 1 aliphatic heterocycles. The number of amides is 2. The zero-order valence-electron chi connectivity index (χ0n) is 15.5. The van der Waals surface area contributed by atoms with Crippen molar-refractivity contribution in [2.75, 3.05) is 38.0 Å². The van der Waals surface area contributed by atoms with Gasteiger partial charge < -0.3 is 9.80 Å². The molecule has 0 aliphatic carbocycles. The fraction of sp³-hybridized carbons (Fsp3) is 0.238. The van der Waals surface area contributed by atoms with Crippen LogP contribution in [-0.2, 0) is 9.59 Å². The van der Waals surface area contributed by atoms with Crippen molar-refractivity contribution in [3.63, 3.8) is 0 Å². The molecule has 0 saturated carbocycles. The number of benzene rings is 2. The lowest BCUT2D eigenvalue weighted by atomic mass is 9.96. The van der Waals surface area contributed by atoms with Crippen LogP contribution in [0.4, 0.5) is 11.4 Å². The summed E-state index contributed by atoms with van der Waals surface area (Å²) in [5.74, 6) is -0.568. The Labute approximate surface area is 154 Å². The molecule has 0 bridgehead atoms. The molecule has 0 aromatic heterocycles. The third-order valence-electron chi connectivity index (χ3n) is 4.55. The zero-order chi connectivity index (χ0) is 18.8. The van der Waals surface area contributed by atoms with Crippen molar-refractivity contribution in [2.45, 2.75) is 6.04 Å². The molecule has 5 nitrogen and oxygen atoms in total. The highest BCUT2D eigenvalue weighted by Crippen LogP contribution is 2.33. The Morgan fingerprint density at radius 1 is 0.654 bits per heavy atom. The summed E-state index contributed by atoms with van der Waals surface area (Å²) in [5.41, 5.74) is 3.93. The Morgan fingerprint density at radius 3 is 1.31 bits per heavy atom. The summed E-state index contributed by atoms with van der Waals surface area (Å²) in [7, 11) is 7.90. The summed E-state index contributed by atoms with van der Waals surface area (Å²) in [5, 5.41) is 0. The van der Waals surface area contributed by atoms with Gasteiger partial charge in [0, 0.05) is 51.7 Å². The molecule has 2 aromatic rings. The normalized spacial score (nSPS) is 13.7. The number of imide groups is 1. The molecule has 0 radical (unpaired) electrons. The number of rotatable bonds is 5. The van der Waals surface area contributed by atoms with Gasteiger partial charge in [0.05, 0.1) is 6.04 Å². The summed E-state index contributed by atoms with van der Waals surface area (Å²) >= 11 is 0. The first-order valence-corrected chi connectivity index (χ1v) is 8.48. The number of anilines is 2. The third kappa shape index (κ3) is 3.33. The van der Waals surface area contributed by atoms with Crippen molar-refractivity contribution in [3.05, 3.63) is 71.8 Å². The molecule has 0 spiro atoms. The summed E-state index contributed by atoms with van der Waals surface area (Å²) < 4.78 is 0. The average molecular weight is 349 g/mol. The van der Waals surface area contributed by atoms with Crippen LogP contribution in [0.1, 0.15) is 17.2 Å². The lowest BCUT2D eigenvalue weighted by Crippen LogP contribution is -2.35. The second-order valence-corrected chi connectivity index (χ2v) is 6.75. The molecule has 2 aromatic carbocycles. The maximum absolute atomic E-state index is 12.3. The Kier molecular flexibility index (Phi) is 4.80. The molecule has 0 saturated heterocycles. The van der Waals surface area contributed by atoms with Crippen molar-refractivity contribution in [2.24, 2.45) is 0 Å². The molecule has 26 heavy (non-hydrogen) atoms. The highest BCUT2D eigenvalue weighted by Gasteiger charge is 2.33. The number of hydrogen-bond acceptors (Lipinski definition) is 4. The second-order valence-electron chi connectivity index (χ2n) is 6.75. The van der Waals surface area contributed by atoms with E-state index >= 15 is 0 Å². The van der Waals surface area contributed by atoms with Gasteiger partial charge in [-0.05, 0) is 35.4 Å². The monoisotopic (exact) mass is 349 g/mol. The summed E-state index contributed by atoms with van der Waals surface area (Å²) in [4.78, 5) is 30.0.